The first-order valence-electron chi connectivity index (χ1n) is 6.51. The molecule has 0 heterocycles. The van der Waals surface area contributed by atoms with Gasteiger partial charge in [0.15, 0.2) is 0 Å². The highest BCUT2D eigenvalue weighted by Gasteiger charge is 2.40. The van der Waals surface area contributed by atoms with E-state index in [2.05, 4.69) is 41.2 Å². The number of nitriles is 1. The van der Waals surface area contributed by atoms with Gasteiger partial charge in [-0.2, -0.15) is 5.26 Å². The van der Waals surface area contributed by atoms with Crippen LogP contribution in [-0.2, 0) is 0 Å². The Morgan fingerprint density at radius 3 is 2.83 bits per heavy atom. The van der Waals surface area contributed by atoms with Gasteiger partial charge in [0.05, 0.1) is 6.07 Å². The molecule has 0 amide bonds. The maximum absolute atomic E-state index is 9.60. The molecule has 0 aromatic heterocycles. The smallest absolute Gasteiger partial charge is 0.127 e. The SMILES string of the molecule is CC1CCC(C#N)(Nc2cccc(Br)c2)C(C)C1. The van der Waals surface area contributed by atoms with Crippen LogP contribution in [0.2, 0.25) is 0 Å². The fraction of sp³-hybridized carbons (Fsp3) is 0.533. The molecule has 0 spiro atoms. The van der Waals surface area contributed by atoms with Crippen LogP contribution in [-0.4, -0.2) is 5.54 Å². The molecule has 1 aliphatic rings. The molecule has 1 aliphatic carbocycles. The van der Waals surface area contributed by atoms with Gasteiger partial charge in [0.1, 0.15) is 5.54 Å². The molecule has 96 valence electrons. The summed E-state index contributed by atoms with van der Waals surface area (Å²) in [5, 5.41) is 13.1. The summed E-state index contributed by atoms with van der Waals surface area (Å²) in [6, 6.07) is 10.6. The van der Waals surface area contributed by atoms with Gasteiger partial charge < -0.3 is 5.32 Å². The Hall–Kier alpha value is -1.01. The van der Waals surface area contributed by atoms with Gasteiger partial charge in [0.25, 0.3) is 0 Å². The lowest BCUT2D eigenvalue weighted by Crippen LogP contribution is -2.46. The van der Waals surface area contributed by atoms with Crippen LogP contribution in [0.25, 0.3) is 0 Å². The minimum atomic E-state index is -0.409. The summed E-state index contributed by atoms with van der Waals surface area (Å²) in [7, 11) is 0. The van der Waals surface area contributed by atoms with Crippen LogP contribution in [0, 0.1) is 23.2 Å². The molecule has 3 unspecified atom stereocenters. The predicted octanol–water partition coefficient (Wildman–Crippen LogP) is 4.58. The van der Waals surface area contributed by atoms with E-state index in [9.17, 15) is 5.26 Å². The highest BCUT2D eigenvalue weighted by Crippen LogP contribution is 2.38. The molecular formula is C15H19BrN2. The third-order valence-electron chi connectivity index (χ3n) is 4.02. The van der Waals surface area contributed by atoms with Gasteiger partial charge in [-0.25, -0.2) is 0 Å². The fourth-order valence-electron chi connectivity index (χ4n) is 2.85. The van der Waals surface area contributed by atoms with E-state index in [1.54, 1.807) is 0 Å². The van der Waals surface area contributed by atoms with Gasteiger partial charge in [0, 0.05) is 10.2 Å². The van der Waals surface area contributed by atoms with Crippen molar-refractivity contribution in [1.82, 2.24) is 0 Å². The summed E-state index contributed by atoms with van der Waals surface area (Å²) in [4.78, 5) is 0. The summed E-state index contributed by atoms with van der Waals surface area (Å²) in [5.74, 6) is 1.11. The first-order chi connectivity index (χ1) is 8.55. The first-order valence-corrected chi connectivity index (χ1v) is 7.30. The van der Waals surface area contributed by atoms with Gasteiger partial charge in [-0.15, -0.1) is 0 Å². The topological polar surface area (TPSA) is 35.8 Å². The van der Waals surface area contributed by atoms with Crippen LogP contribution in [0.15, 0.2) is 28.7 Å². The molecule has 2 nitrogen and oxygen atoms in total. The van der Waals surface area contributed by atoms with Crippen molar-refractivity contribution in [2.24, 2.45) is 11.8 Å². The summed E-state index contributed by atoms with van der Waals surface area (Å²) < 4.78 is 1.04. The second kappa shape index (κ2) is 5.32. The number of anilines is 1. The van der Waals surface area contributed by atoms with Crippen LogP contribution in [0.1, 0.15) is 33.1 Å². The Morgan fingerprint density at radius 2 is 2.22 bits per heavy atom. The molecule has 0 radical (unpaired) electrons. The van der Waals surface area contributed by atoms with Crippen molar-refractivity contribution in [1.29, 1.82) is 5.26 Å². The van der Waals surface area contributed by atoms with Crippen LogP contribution in [0.4, 0.5) is 5.69 Å². The quantitative estimate of drug-likeness (QED) is 0.868. The van der Waals surface area contributed by atoms with Crippen molar-refractivity contribution in [2.45, 2.75) is 38.6 Å². The highest BCUT2D eigenvalue weighted by molar-refractivity contribution is 9.10. The third-order valence-corrected chi connectivity index (χ3v) is 4.51. The lowest BCUT2D eigenvalue weighted by Gasteiger charge is -2.40. The number of nitrogens with zero attached hydrogens (tertiary/aromatic N) is 1. The minimum absolute atomic E-state index is 0.380. The molecule has 18 heavy (non-hydrogen) atoms. The Labute approximate surface area is 118 Å². The molecule has 1 saturated carbocycles. The fourth-order valence-corrected chi connectivity index (χ4v) is 3.25. The maximum atomic E-state index is 9.60. The van der Waals surface area contributed by atoms with Crippen molar-refractivity contribution in [3.8, 4) is 6.07 Å². The molecule has 0 aliphatic heterocycles. The van der Waals surface area contributed by atoms with Crippen molar-refractivity contribution >= 4 is 21.6 Å². The van der Waals surface area contributed by atoms with E-state index in [4.69, 9.17) is 0 Å². The summed E-state index contributed by atoms with van der Waals surface area (Å²) in [5.41, 5.74) is 0.611. The van der Waals surface area contributed by atoms with E-state index < -0.39 is 5.54 Å². The van der Waals surface area contributed by atoms with Crippen LogP contribution in [0.5, 0.6) is 0 Å². The highest BCUT2D eigenvalue weighted by atomic mass is 79.9. The van der Waals surface area contributed by atoms with Crippen molar-refractivity contribution < 1.29 is 0 Å². The largest absolute Gasteiger partial charge is 0.367 e. The van der Waals surface area contributed by atoms with E-state index in [-0.39, 0.29) is 0 Å². The monoisotopic (exact) mass is 306 g/mol. The number of hydrogen-bond acceptors (Lipinski definition) is 2. The number of benzene rings is 1. The van der Waals surface area contributed by atoms with E-state index >= 15 is 0 Å². The van der Waals surface area contributed by atoms with Gasteiger partial charge in [-0.05, 0) is 49.3 Å². The molecule has 1 N–H and O–H groups in total. The number of hydrogen-bond donors (Lipinski definition) is 1. The van der Waals surface area contributed by atoms with Crippen LogP contribution in [0.3, 0.4) is 0 Å². The minimum Gasteiger partial charge on any atom is -0.367 e. The molecule has 1 aromatic rings. The van der Waals surface area contributed by atoms with Gasteiger partial charge in [-0.3, -0.25) is 0 Å². The molecule has 2 rings (SSSR count). The number of halogens is 1. The van der Waals surface area contributed by atoms with Crippen molar-refractivity contribution in [3.63, 3.8) is 0 Å². The van der Waals surface area contributed by atoms with Crippen LogP contribution < -0.4 is 5.32 Å². The molecule has 1 fully saturated rings. The molecule has 3 heteroatoms. The zero-order valence-electron chi connectivity index (χ0n) is 10.9. The zero-order chi connectivity index (χ0) is 13.2. The normalized spacial score (nSPS) is 31.7. The standard InChI is InChI=1S/C15H19BrN2/c1-11-6-7-15(10-17,12(2)8-11)18-14-5-3-4-13(16)9-14/h3-5,9,11-12,18H,6-8H2,1-2H3. The molecule has 3 atom stereocenters. The Kier molecular flexibility index (Phi) is 3.97. The molecular weight excluding hydrogens is 288 g/mol. The molecule has 0 saturated heterocycles. The Morgan fingerprint density at radius 1 is 1.44 bits per heavy atom. The average Bonchev–Trinajstić information content (AvgIpc) is 2.33. The number of rotatable bonds is 2. The van der Waals surface area contributed by atoms with E-state index in [1.807, 2.05) is 24.3 Å². The first kappa shape index (κ1) is 13.4. The summed E-state index contributed by atoms with van der Waals surface area (Å²) in [6.07, 6.45) is 3.17. The maximum Gasteiger partial charge on any atom is 0.127 e. The second-order valence-corrected chi connectivity index (χ2v) is 6.41. The molecule has 1 aromatic carbocycles. The van der Waals surface area contributed by atoms with Gasteiger partial charge >= 0.3 is 0 Å². The lowest BCUT2D eigenvalue weighted by molar-refractivity contribution is 0.229. The van der Waals surface area contributed by atoms with E-state index in [0.29, 0.717) is 5.92 Å². The van der Waals surface area contributed by atoms with Gasteiger partial charge in [0.2, 0.25) is 0 Å². The average molecular weight is 307 g/mol. The zero-order valence-corrected chi connectivity index (χ0v) is 12.5. The van der Waals surface area contributed by atoms with E-state index in [0.717, 1.165) is 35.3 Å². The van der Waals surface area contributed by atoms with Crippen molar-refractivity contribution in [3.05, 3.63) is 28.7 Å². The summed E-state index contributed by atoms with van der Waals surface area (Å²) in [6.45, 7) is 4.46. The van der Waals surface area contributed by atoms with Crippen LogP contribution >= 0.6 is 15.9 Å². The Balaban J connectivity index is 2.21. The summed E-state index contributed by atoms with van der Waals surface area (Å²) >= 11 is 3.47. The van der Waals surface area contributed by atoms with Gasteiger partial charge in [-0.1, -0.05) is 35.8 Å². The molecule has 0 bridgehead atoms. The Bertz CT molecular complexity index is 466. The third kappa shape index (κ3) is 2.70. The number of nitrogens with one attached hydrogen (secondary N) is 1. The van der Waals surface area contributed by atoms with Crippen molar-refractivity contribution in [2.75, 3.05) is 5.32 Å². The lowest BCUT2D eigenvalue weighted by atomic mass is 9.70. The predicted molar refractivity (Wildman–Crippen MR) is 78.3 cm³/mol. The second-order valence-electron chi connectivity index (χ2n) is 5.50. The van der Waals surface area contributed by atoms with E-state index in [1.165, 1.54) is 0 Å².